The van der Waals surface area contributed by atoms with Gasteiger partial charge in [-0.3, -0.25) is 14.9 Å². The first-order valence-electron chi connectivity index (χ1n) is 7.72. The van der Waals surface area contributed by atoms with Crippen LogP contribution in [0.1, 0.15) is 16.7 Å². The number of aryl methyl sites for hydroxylation is 3. The zero-order chi connectivity index (χ0) is 18.7. The number of nitrogens with one attached hydrogen (secondary N) is 1. The first-order valence-corrected chi connectivity index (χ1v) is 8.09. The Hall–Kier alpha value is -2.60. The standard InChI is InChI=1S/C18H20ClN3O3/c1-11-7-12(2)18(13(3)8-11)20-17(23)10-21(4)15-6-5-14(19)9-16(15)22(24)25/h5-9H,10H2,1-4H3,(H,20,23). The zero-order valence-corrected chi connectivity index (χ0v) is 15.3. The summed E-state index contributed by atoms with van der Waals surface area (Å²) < 4.78 is 0. The molecule has 2 aromatic carbocycles. The molecule has 0 aliphatic carbocycles. The van der Waals surface area contributed by atoms with Crippen LogP contribution in [0.2, 0.25) is 5.02 Å². The van der Waals surface area contributed by atoms with Crippen molar-refractivity contribution in [1.29, 1.82) is 0 Å². The lowest BCUT2D eigenvalue weighted by Crippen LogP contribution is -2.30. The van der Waals surface area contributed by atoms with E-state index in [-0.39, 0.29) is 23.2 Å². The molecule has 0 spiro atoms. The molecule has 0 bridgehead atoms. The van der Waals surface area contributed by atoms with Gasteiger partial charge in [0.1, 0.15) is 5.69 Å². The molecule has 0 aromatic heterocycles. The van der Waals surface area contributed by atoms with Crippen molar-refractivity contribution < 1.29 is 9.72 Å². The van der Waals surface area contributed by atoms with Gasteiger partial charge in [0, 0.05) is 23.8 Å². The van der Waals surface area contributed by atoms with Crippen molar-refractivity contribution >= 4 is 34.6 Å². The number of nitro groups is 1. The molecule has 25 heavy (non-hydrogen) atoms. The summed E-state index contributed by atoms with van der Waals surface area (Å²) in [6.45, 7) is 5.85. The van der Waals surface area contributed by atoms with Crippen LogP contribution in [0.4, 0.5) is 17.1 Å². The molecule has 2 rings (SSSR count). The molecular weight excluding hydrogens is 342 g/mol. The van der Waals surface area contributed by atoms with Gasteiger partial charge in [0.25, 0.3) is 5.69 Å². The Kier molecular flexibility index (Phi) is 5.64. The van der Waals surface area contributed by atoms with E-state index >= 15 is 0 Å². The lowest BCUT2D eigenvalue weighted by atomic mass is 10.1. The Bertz CT molecular complexity index is 813. The van der Waals surface area contributed by atoms with Crippen molar-refractivity contribution in [2.75, 3.05) is 23.8 Å². The van der Waals surface area contributed by atoms with Crippen LogP contribution in [-0.2, 0) is 4.79 Å². The fourth-order valence-electron chi connectivity index (χ4n) is 2.82. The molecule has 1 N–H and O–H groups in total. The molecule has 6 nitrogen and oxygen atoms in total. The van der Waals surface area contributed by atoms with Crippen molar-refractivity contribution in [3.63, 3.8) is 0 Å². The predicted molar refractivity (Wildman–Crippen MR) is 101 cm³/mol. The van der Waals surface area contributed by atoms with Gasteiger partial charge < -0.3 is 10.2 Å². The highest BCUT2D eigenvalue weighted by atomic mass is 35.5. The molecule has 0 aliphatic heterocycles. The molecule has 0 saturated heterocycles. The van der Waals surface area contributed by atoms with Gasteiger partial charge in [0.15, 0.2) is 0 Å². The highest BCUT2D eigenvalue weighted by Crippen LogP contribution is 2.30. The van der Waals surface area contributed by atoms with E-state index in [1.165, 1.54) is 17.0 Å². The van der Waals surface area contributed by atoms with Gasteiger partial charge in [0.2, 0.25) is 5.91 Å². The smallest absolute Gasteiger partial charge is 0.294 e. The van der Waals surface area contributed by atoms with Crippen LogP contribution < -0.4 is 10.2 Å². The van der Waals surface area contributed by atoms with Gasteiger partial charge >= 0.3 is 0 Å². The predicted octanol–water partition coefficient (Wildman–Crippen LogP) is 4.25. The topological polar surface area (TPSA) is 75.5 Å². The van der Waals surface area contributed by atoms with E-state index in [9.17, 15) is 14.9 Å². The van der Waals surface area contributed by atoms with Crippen LogP contribution in [-0.4, -0.2) is 24.4 Å². The zero-order valence-electron chi connectivity index (χ0n) is 14.6. The van der Waals surface area contributed by atoms with E-state index in [1.54, 1.807) is 13.1 Å². The third kappa shape index (κ3) is 4.48. The second-order valence-corrected chi connectivity index (χ2v) is 6.50. The molecule has 7 heteroatoms. The number of hydrogen-bond donors (Lipinski definition) is 1. The Balaban J connectivity index is 2.18. The molecule has 1 amide bonds. The average Bonchev–Trinajstić information content (AvgIpc) is 2.50. The fraction of sp³-hybridized carbons (Fsp3) is 0.278. The number of halogens is 1. The first kappa shape index (κ1) is 18.7. The summed E-state index contributed by atoms with van der Waals surface area (Å²) in [7, 11) is 1.63. The summed E-state index contributed by atoms with van der Waals surface area (Å²) >= 11 is 5.82. The average molecular weight is 362 g/mol. The van der Waals surface area contributed by atoms with E-state index in [0.717, 1.165) is 22.4 Å². The van der Waals surface area contributed by atoms with Crippen LogP contribution in [0.15, 0.2) is 30.3 Å². The number of rotatable bonds is 5. The van der Waals surface area contributed by atoms with Crippen LogP contribution >= 0.6 is 11.6 Å². The molecule has 132 valence electrons. The molecule has 2 aromatic rings. The van der Waals surface area contributed by atoms with Crippen molar-refractivity contribution in [3.05, 3.63) is 62.2 Å². The Morgan fingerprint density at radius 2 is 1.80 bits per heavy atom. The maximum Gasteiger partial charge on any atom is 0.294 e. The summed E-state index contributed by atoms with van der Waals surface area (Å²) in [6, 6.07) is 8.37. The molecule has 0 saturated carbocycles. The third-order valence-corrected chi connectivity index (χ3v) is 4.10. The second-order valence-electron chi connectivity index (χ2n) is 6.07. The Morgan fingerprint density at radius 1 is 1.20 bits per heavy atom. The van der Waals surface area contributed by atoms with Gasteiger partial charge in [0.05, 0.1) is 11.5 Å². The number of nitro benzene ring substituents is 1. The van der Waals surface area contributed by atoms with E-state index < -0.39 is 4.92 Å². The normalized spacial score (nSPS) is 10.4. The molecule has 0 unspecified atom stereocenters. The number of carbonyl (C=O) groups is 1. The highest BCUT2D eigenvalue weighted by Gasteiger charge is 2.19. The largest absolute Gasteiger partial charge is 0.360 e. The highest BCUT2D eigenvalue weighted by molar-refractivity contribution is 6.30. The summed E-state index contributed by atoms with van der Waals surface area (Å²) in [5.74, 6) is -0.248. The van der Waals surface area contributed by atoms with Crippen molar-refractivity contribution in [1.82, 2.24) is 0 Å². The molecular formula is C18H20ClN3O3. The van der Waals surface area contributed by atoms with Crippen LogP contribution in [0.3, 0.4) is 0 Å². The molecule has 0 radical (unpaired) electrons. The SMILES string of the molecule is Cc1cc(C)c(NC(=O)CN(C)c2ccc(Cl)cc2[N+](=O)[O-])c(C)c1. The summed E-state index contributed by atoms with van der Waals surface area (Å²) in [6.07, 6.45) is 0. The minimum Gasteiger partial charge on any atom is -0.360 e. The number of likely N-dealkylation sites (N-methyl/N-ethyl adjacent to an activating group) is 1. The number of hydrogen-bond acceptors (Lipinski definition) is 4. The number of benzene rings is 2. The van der Waals surface area contributed by atoms with Crippen molar-refractivity contribution in [3.8, 4) is 0 Å². The quantitative estimate of drug-likeness (QED) is 0.638. The third-order valence-electron chi connectivity index (χ3n) is 3.87. The number of carbonyl (C=O) groups excluding carboxylic acids is 1. The van der Waals surface area contributed by atoms with Crippen molar-refractivity contribution in [2.24, 2.45) is 0 Å². The second kappa shape index (κ2) is 7.53. The van der Waals surface area contributed by atoms with Crippen molar-refractivity contribution in [2.45, 2.75) is 20.8 Å². The Labute approximate surface area is 151 Å². The molecule has 0 fully saturated rings. The van der Waals surface area contributed by atoms with E-state index in [1.807, 2.05) is 32.9 Å². The van der Waals surface area contributed by atoms with Gasteiger partial charge in [-0.25, -0.2) is 0 Å². The van der Waals surface area contributed by atoms with Crippen LogP contribution in [0.25, 0.3) is 0 Å². The fourth-order valence-corrected chi connectivity index (χ4v) is 2.99. The molecule has 0 heterocycles. The van der Waals surface area contributed by atoms with Gasteiger partial charge in [-0.05, 0) is 44.0 Å². The summed E-state index contributed by atoms with van der Waals surface area (Å²) in [5.41, 5.74) is 4.06. The monoisotopic (exact) mass is 361 g/mol. The number of anilines is 2. The molecule has 0 atom stereocenters. The van der Waals surface area contributed by atoms with Gasteiger partial charge in [-0.1, -0.05) is 29.3 Å². The summed E-state index contributed by atoms with van der Waals surface area (Å²) in [5, 5.41) is 14.4. The first-order chi connectivity index (χ1) is 11.7. The lowest BCUT2D eigenvalue weighted by Gasteiger charge is -2.20. The van der Waals surface area contributed by atoms with E-state index in [0.29, 0.717) is 5.69 Å². The summed E-state index contributed by atoms with van der Waals surface area (Å²) in [4.78, 5) is 24.6. The van der Waals surface area contributed by atoms with E-state index in [4.69, 9.17) is 11.6 Å². The number of amides is 1. The maximum absolute atomic E-state index is 12.4. The lowest BCUT2D eigenvalue weighted by molar-refractivity contribution is -0.384. The van der Waals surface area contributed by atoms with Crippen LogP contribution in [0, 0.1) is 30.9 Å². The Morgan fingerprint density at radius 3 is 2.36 bits per heavy atom. The van der Waals surface area contributed by atoms with Gasteiger partial charge in [-0.15, -0.1) is 0 Å². The number of nitrogens with zero attached hydrogens (tertiary/aromatic N) is 2. The van der Waals surface area contributed by atoms with E-state index in [2.05, 4.69) is 5.32 Å². The molecule has 0 aliphatic rings. The van der Waals surface area contributed by atoms with Crippen LogP contribution in [0.5, 0.6) is 0 Å². The minimum atomic E-state index is -0.510. The van der Waals surface area contributed by atoms with Gasteiger partial charge in [-0.2, -0.15) is 0 Å². The minimum absolute atomic E-state index is 0.0186. The maximum atomic E-state index is 12.4.